The molecule has 0 radical (unpaired) electrons. The van der Waals surface area contributed by atoms with Crippen molar-refractivity contribution in [2.75, 3.05) is 14.1 Å². The van der Waals surface area contributed by atoms with Crippen LogP contribution in [0.1, 0.15) is 103 Å². The molecule has 1 aliphatic carbocycles. The summed E-state index contributed by atoms with van der Waals surface area (Å²) < 4.78 is 0. The molecule has 1 heteroatoms. The number of hydrogen-bond donors (Lipinski definition) is 0. The van der Waals surface area contributed by atoms with E-state index in [-0.39, 0.29) is 0 Å². The van der Waals surface area contributed by atoms with Gasteiger partial charge in [-0.15, -0.1) is 0 Å². The molecule has 0 aromatic rings. The third-order valence-electron chi connectivity index (χ3n) is 6.47. The van der Waals surface area contributed by atoms with E-state index in [1.165, 1.54) is 82.6 Å². The molecule has 174 valence electrons. The van der Waals surface area contributed by atoms with Gasteiger partial charge in [-0.1, -0.05) is 74.1 Å². The third kappa shape index (κ3) is 15.0. The van der Waals surface area contributed by atoms with Gasteiger partial charge >= 0.3 is 0 Å². The van der Waals surface area contributed by atoms with E-state index in [4.69, 9.17) is 0 Å². The molecule has 0 aliphatic heterocycles. The summed E-state index contributed by atoms with van der Waals surface area (Å²) in [4.78, 5) is 2.39. The molecular weight excluding hydrogens is 374 g/mol. The van der Waals surface area contributed by atoms with Crippen molar-refractivity contribution in [3.8, 4) is 0 Å². The zero-order valence-corrected chi connectivity index (χ0v) is 20.9. The van der Waals surface area contributed by atoms with Crippen LogP contribution in [-0.2, 0) is 0 Å². The number of rotatable bonds is 16. The highest BCUT2D eigenvalue weighted by Crippen LogP contribution is 2.33. The minimum atomic E-state index is 0.786. The Morgan fingerprint density at radius 1 is 0.806 bits per heavy atom. The quantitative estimate of drug-likeness (QED) is 0.104. The van der Waals surface area contributed by atoms with E-state index in [1.54, 1.807) is 0 Å². The Morgan fingerprint density at radius 2 is 1.45 bits per heavy atom. The second kappa shape index (κ2) is 19.2. The molecular formula is C30H49N. The van der Waals surface area contributed by atoms with Crippen molar-refractivity contribution in [3.63, 3.8) is 0 Å². The van der Waals surface area contributed by atoms with Gasteiger partial charge in [0, 0.05) is 6.04 Å². The average Bonchev–Trinajstić information content (AvgIpc) is 2.78. The Labute approximate surface area is 194 Å². The smallest absolute Gasteiger partial charge is 0.00895 e. The van der Waals surface area contributed by atoms with Crippen molar-refractivity contribution >= 4 is 0 Å². The molecule has 0 bridgehead atoms. The largest absolute Gasteiger partial charge is 0.306 e. The SMILES string of the molecule is C=C(CCCCC/C=C/C=C/CCC=C=C=CCCCCC)C1CCC(N(C)C)CC1. The molecule has 0 N–H and O–H groups in total. The van der Waals surface area contributed by atoms with Gasteiger partial charge in [0.25, 0.3) is 0 Å². The van der Waals surface area contributed by atoms with Crippen LogP contribution in [0.3, 0.4) is 0 Å². The first-order chi connectivity index (χ1) is 15.1. The Morgan fingerprint density at radius 3 is 2.13 bits per heavy atom. The topological polar surface area (TPSA) is 3.24 Å². The minimum Gasteiger partial charge on any atom is -0.306 e. The predicted octanol–water partition coefficient (Wildman–Crippen LogP) is 8.95. The van der Waals surface area contributed by atoms with Crippen LogP contribution in [-0.4, -0.2) is 25.0 Å². The van der Waals surface area contributed by atoms with Crippen molar-refractivity contribution in [2.24, 2.45) is 5.92 Å². The highest BCUT2D eigenvalue weighted by Gasteiger charge is 2.23. The molecule has 0 aromatic carbocycles. The van der Waals surface area contributed by atoms with E-state index in [9.17, 15) is 0 Å². The van der Waals surface area contributed by atoms with Crippen LogP contribution in [0, 0.1) is 5.92 Å². The van der Waals surface area contributed by atoms with Crippen molar-refractivity contribution in [3.05, 3.63) is 60.1 Å². The first-order valence-corrected chi connectivity index (χ1v) is 12.9. The predicted molar refractivity (Wildman–Crippen MR) is 139 cm³/mol. The van der Waals surface area contributed by atoms with E-state index in [0.717, 1.165) is 31.2 Å². The Hall–Kier alpha value is -1.52. The molecule has 31 heavy (non-hydrogen) atoms. The summed E-state index contributed by atoms with van der Waals surface area (Å²) in [6, 6.07) is 0.792. The fraction of sp³-hybridized carbons (Fsp3) is 0.667. The van der Waals surface area contributed by atoms with Gasteiger partial charge in [-0.25, -0.2) is 0 Å². The second-order valence-electron chi connectivity index (χ2n) is 9.35. The summed E-state index contributed by atoms with van der Waals surface area (Å²) >= 11 is 0. The molecule has 0 aromatic heterocycles. The summed E-state index contributed by atoms with van der Waals surface area (Å²) in [5.74, 6) is 0.786. The highest BCUT2D eigenvalue weighted by atomic mass is 15.1. The van der Waals surface area contributed by atoms with Gasteiger partial charge in [0.2, 0.25) is 0 Å². The van der Waals surface area contributed by atoms with Crippen LogP contribution in [0.2, 0.25) is 0 Å². The average molecular weight is 424 g/mol. The lowest BCUT2D eigenvalue weighted by atomic mass is 9.80. The molecule has 0 unspecified atom stereocenters. The highest BCUT2D eigenvalue weighted by molar-refractivity contribution is 5.04. The van der Waals surface area contributed by atoms with Gasteiger partial charge in [-0.05, 0) is 109 Å². The molecule has 0 spiro atoms. The Bertz CT molecular complexity index is 600. The minimum absolute atomic E-state index is 0.786. The van der Waals surface area contributed by atoms with Gasteiger partial charge in [0.1, 0.15) is 0 Å². The van der Waals surface area contributed by atoms with E-state index in [1.807, 2.05) is 0 Å². The number of nitrogens with zero attached hydrogens (tertiary/aromatic N) is 1. The number of unbranched alkanes of at least 4 members (excludes halogenated alkanes) is 7. The van der Waals surface area contributed by atoms with Gasteiger partial charge < -0.3 is 4.90 Å². The monoisotopic (exact) mass is 423 g/mol. The summed E-state index contributed by atoms with van der Waals surface area (Å²) in [6.45, 7) is 6.65. The summed E-state index contributed by atoms with van der Waals surface area (Å²) in [6.07, 6.45) is 32.0. The molecule has 0 amide bonds. The Kier molecular flexibility index (Phi) is 17.0. The molecule has 0 atom stereocenters. The molecule has 1 nitrogen and oxygen atoms in total. The number of hydrogen-bond acceptors (Lipinski definition) is 1. The third-order valence-corrected chi connectivity index (χ3v) is 6.47. The zero-order valence-electron chi connectivity index (χ0n) is 20.9. The molecule has 1 aliphatic rings. The van der Waals surface area contributed by atoms with Crippen LogP contribution >= 0.6 is 0 Å². The fourth-order valence-corrected chi connectivity index (χ4v) is 4.28. The van der Waals surface area contributed by atoms with Crippen LogP contribution in [0.4, 0.5) is 0 Å². The van der Waals surface area contributed by atoms with Crippen molar-refractivity contribution in [2.45, 2.75) is 109 Å². The molecule has 1 fully saturated rings. The first-order valence-electron chi connectivity index (χ1n) is 12.9. The van der Waals surface area contributed by atoms with Crippen LogP contribution in [0.15, 0.2) is 60.1 Å². The van der Waals surface area contributed by atoms with Gasteiger partial charge in [-0.2, -0.15) is 0 Å². The lowest BCUT2D eigenvalue weighted by Crippen LogP contribution is -2.32. The van der Waals surface area contributed by atoms with Gasteiger partial charge in [0.15, 0.2) is 0 Å². The van der Waals surface area contributed by atoms with E-state index >= 15 is 0 Å². The Balaban J connectivity index is 1.98. The van der Waals surface area contributed by atoms with Gasteiger partial charge in [-0.3, -0.25) is 0 Å². The fourth-order valence-electron chi connectivity index (χ4n) is 4.28. The van der Waals surface area contributed by atoms with Crippen molar-refractivity contribution in [1.82, 2.24) is 4.90 Å². The molecule has 1 saturated carbocycles. The molecule has 0 saturated heterocycles. The van der Waals surface area contributed by atoms with Gasteiger partial charge in [0.05, 0.1) is 0 Å². The summed E-state index contributed by atoms with van der Waals surface area (Å²) in [5.41, 5.74) is 7.79. The molecule has 1 rings (SSSR count). The van der Waals surface area contributed by atoms with Crippen LogP contribution in [0.5, 0.6) is 0 Å². The maximum atomic E-state index is 4.41. The zero-order chi connectivity index (χ0) is 22.6. The molecule has 0 heterocycles. The lowest BCUT2D eigenvalue weighted by molar-refractivity contribution is 0.204. The van der Waals surface area contributed by atoms with Crippen LogP contribution in [0.25, 0.3) is 0 Å². The maximum Gasteiger partial charge on any atom is 0.00895 e. The van der Waals surface area contributed by atoms with Crippen LogP contribution < -0.4 is 0 Å². The maximum absolute atomic E-state index is 4.41. The first kappa shape index (κ1) is 27.5. The normalized spacial score (nSPS) is 19.0. The van der Waals surface area contributed by atoms with E-state index < -0.39 is 0 Å². The second-order valence-corrected chi connectivity index (χ2v) is 9.35. The summed E-state index contributed by atoms with van der Waals surface area (Å²) in [5, 5.41) is 0. The van der Waals surface area contributed by atoms with Crippen molar-refractivity contribution < 1.29 is 0 Å². The lowest BCUT2D eigenvalue weighted by Gasteiger charge is -2.33. The van der Waals surface area contributed by atoms with E-state index in [0.29, 0.717) is 0 Å². The number of allylic oxidation sites excluding steroid dienone is 7. The standard InChI is InChI=1S/C30H49N/c1-5-6-7-8-9-10-11-12-13-14-15-16-17-18-19-20-21-22-23-28(2)29-24-26-30(27-25-29)31(3)4/h9,12,15-18,29-30H,2,5-8,13-14,19-27H2,1,3-4H3/b12-9?,16-15+,18-17+. The summed E-state index contributed by atoms with van der Waals surface area (Å²) in [7, 11) is 4.43. The van der Waals surface area contributed by atoms with Crippen molar-refractivity contribution in [1.29, 1.82) is 0 Å². The van der Waals surface area contributed by atoms with E-state index in [2.05, 4.69) is 80.4 Å².